The summed E-state index contributed by atoms with van der Waals surface area (Å²) in [7, 11) is -1.59. The highest BCUT2D eigenvalue weighted by molar-refractivity contribution is 7.71. The maximum Gasteiger partial charge on any atom is 0.350 e. The summed E-state index contributed by atoms with van der Waals surface area (Å²) in [5.41, 5.74) is 0. The average Bonchev–Trinajstić information content (AvgIpc) is 2.40. The van der Waals surface area contributed by atoms with Gasteiger partial charge in [0.15, 0.2) is 12.6 Å². The predicted molar refractivity (Wildman–Crippen MR) is 80.3 cm³/mol. The van der Waals surface area contributed by atoms with Crippen LogP contribution in [0.2, 0.25) is 0 Å². The van der Waals surface area contributed by atoms with Crippen LogP contribution < -0.4 is 0 Å². The quantitative estimate of drug-likeness (QED) is 0.344. The van der Waals surface area contributed by atoms with E-state index in [4.69, 9.17) is 23.3 Å². The number of carbonyl (C=O) groups is 2. The Hall–Kier alpha value is -0.880. The van der Waals surface area contributed by atoms with Gasteiger partial charge in [-0.05, 0) is 27.7 Å². The minimum Gasteiger partial charge on any atom is -0.462 e. The van der Waals surface area contributed by atoms with Crippen LogP contribution in [0.1, 0.15) is 27.7 Å². The largest absolute Gasteiger partial charge is 0.462 e. The summed E-state index contributed by atoms with van der Waals surface area (Å²) in [6, 6.07) is 0. The Kier molecular flexibility index (Phi) is 10.3. The Morgan fingerprint density at radius 2 is 1.24 bits per heavy atom. The smallest absolute Gasteiger partial charge is 0.350 e. The molecule has 8 heteroatoms. The molecule has 0 saturated heterocycles. The highest BCUT2D eigenvalue weighted by atomic mass is 31.2. The SMILES string of the molecule is CCOC(=O)C(C(=O)OCC)=P(COC)(OCC)OCC. The average molecular weight is 324 g/mol. The highest BCUT2D eigenvalue weighted by Gasteiger charge is 2.37. The first-order valence-corrected chi connectivity index (χ1v) is 8.71. The van der Waals surface area contributed by atoms with Crippen molar-refractivity contribution in [1.82, 2.24) is 0 Å². The summed E-state index contributed by atoms with van der Waals surface area (Å²) in [5, 5.41) is -0.239. The van der Waals surface area contributed by atoms with Crippen LogP contribution in [0, 0.1) is 0 Å². The molecule has 21 heavy (non-hydrogen) atoms. The minimum atomic E-state index is -3.03. The normalized spacial score (nSPS) is 11.1. The number of ether oxygens (including phenoxy) is 3. The third-order valence-electron chi connectivity index (χ3n) is 2.25. The second-order valence-corrected chi connectivity index (χ2v) is 6.28. The molecule has 0 amide bonds. The van der Waals surface area contributed by atoms with Crippen LogP contribution in [0.5, 0.6) is 0 Å². The number of hydrogen-bond donors (Lipinski definition) is 0. The van der Waals surface area contributed by atoms with Gasteiger partial charge in [0.1, 0.15) is 6.35 Å². The van der Waals surface area contributed by atoms with Gasteiger partial charge in [0, 0.05) is 7.11 Å². The molecule has 0 unspecified atom stereocenters. The third kappa shape index (κ3) is 5.79. The van der Waals surface area contributed by atoms with Gasteiger partial charge in [-0.2, -0.15) is 0 Å². The summed E-state index contributed by atoms with van der Waals surface area (Å²) in [5.74, 6) is -1.58. The standard InChI is InChI=1S/C13H25O7P/c1-6-17-12(14)11(13(15)18-7-2)21(10-16-5,19-8-3)20-9-4/h6-10H2,1-5H3. The van der Waals surface area contributed by atoms with Crippen molar-refractivity contribution in [3.05, 3.63) is 0 Å². The van der Waals surface area contributed by atoms with Crippen LogP contribution in [0.4, 0.5) is 0 Å². The summed E-state index contributed by atoms with van der Waals surface area (Å²) >= 11 is 0. The maximum atomic E-state index is 12.2. The van der Waals surface area contributed by atoms with Gasteiger partial charge < -0.3 is 23.3 Å². The van der Waals surface area contributed by atoms with Gasteiger partial charge in [0.05, 0.1) is 26.4 Å². The molecule has 0 saturated carbocycles. The van der Waals surface area contributed by atoms with Crippen LogP contribution in [-0.4, -0.2) is 57.1 Å². The van der Waals surface area contributed by atoms with Crippen LogP contribution in [0.3, 0.4) is 0 Å². The van der Waals surface area contributed by atoms with Gasteiger partial charge in [0.25, 0.3) is 0 Å². The zero-order valence-electron chi connectivity index (χ0n) is 13.3. The first-order valence-electron chi connectivity index (χ1n) is 6.90. The molecule has 0 aliphatic heterocycles. The fraction of sp³-hybridized carbons (Fsp3) is 0.769. The first kappa shape index (κ1) is 20.1. The first-order chi connectivity index (χ1) is 10.0. The van der Waals surface area contributed by atoms with Crippen molar-refractivity contribution in [2.24, 2.45) is 0 Å². The lowest BCUT2D eigenvalue weighted by molar-refractivity contribution is -0.140. The summed E-state index contributed by atoms with van der Waals surface area (Å²) < 4.78 is 26.3. The second-order valence-electron chi connectivity index (χ2n) is 3.72. The Balaban J connectivity index is 6.07. The van der Waals surface area contributed by atoms with Gasteiger partial charge in [0.2, 0.25) is 0 Å². The van der Waals surface area contributed by atoms with Gasteiger partial charge >= 0.3 is 11.9 Å². The summed E-state index contributed by atoms with van der Waals surface area (Å²) in [6.45, 7) is 7.59. The van der Waals surface area contributed by atoms with Gasteiger partial charge in [-0.25, -0.2) is 9.59 Å². The van der Waals surface area contributed by atoms with Crippen LogP contribution in [0.25, 0.3) is 0 Å². The fourth-order valence-corrected chi connectivity index (χ4v) is 4.12. The van der Waals surface area contributed by atoms with E-state index in [1.165, 1.54) is 7.11 Å². The van der Waals surface area contributed by atoms with Crippen molar-refractivity contribution >= 4 is 24.6 Å². The molecular formula is C13H25O7P. The van der Waals surface area contributed by atoms with E-state index in [9.17, 15) is 9.59 Å². The molecule has 0 atom stereocenters. The van der Waals surface area contributed by atoms with Gasteiger partial charge in [-0.1, -0.05) is 0 Å². The van der Waals surface area contributed by atoms with E-state index >= 15 is 0 Å². The van der Waals surface area contributed by atoms with E-state index in [1.54, 1.807) is 27.7 Å². The summed E-state index contributed by atoms with van der Waals surface area (Å²) in [6.07, 6.45) is -0.0261. The summed E-state index contributed by atoms with van der Waals surface area (Å²) in [4.78, 5) is 24.4. The zero-order chi connectivity index (χ0) is 16.3. The van der Waals surface area contributed by atoms with E-state index in [2.05, 4.69) is 0 Å². The van der Waals surface area contributed by atoms with Crippen molar-refractivity contribution < 1.29 is 32.8 Å². The molecule has 0 bridgehead atoms. The van der Waals surface area contributed by atoms with E-state index in [0.717, 1.165) is 0 Å². The van der Waals surface area contributed by atoms with Crippen LogP contribution >= 0.6 is 7.34 Å². The molecule has 0 rings (SSSR count). The molecule has 0 aromatic heterocycles. The Morgan fingerprint density at radius 1 is 0.810 bits per heavy atom. The van der Waals surface area contributed by atoms with Crippen molar-refractivity contribution in [3.8, 4) is 0 Å². The van der Waals surface area contributed by atoms with Crippen molar-refractivity contribution in [1.29, 1.82) is 0 Å². The molecule has 0 aromatic rings. The molecular weight excluding hydrogens is 299 g/mol. The molecule has 0 radical (unpaired) electrons. The monoisotopic (exact) mass is 324 g/mol. The minimum absolute atomic E-state index is 0.0261. The fourth-order valence-electron chi connectivity index (χ4n) is 1.65. The molecule has 7 nitrogen and oxygen atoms in total. The molecule has 0 aromatic carbocycles. The van der Waals surface area contributed by atoms with E-state index in [-0.39, 0.29) is 38.1 Å². The van der Waals surface area contributed by atoms with Crippen molar-refractivity contribution in [2.75, 3.05) is 39.9 Å². The number of esters is 2. The molecule has 0 aliphatic carbocycles. The Labute approximate surface area is 126 Å². The van der Waals surface area contributed by atoms with Crippen LogP contribution in [0.15, 0.2) is 0 Å². The van der Waals surface area contributed by atoms with Crippen molar-refractivity contribution in [2.45, 2.75) is 27.7 Å². The lowest BCUT2D eigenvalue weighted by Gasteiger charge is -2.27. The predicted octanol–water partition coefficient (Wildman–Crippen LogP) is 1.81. The Bertz CT molecular complexity index is 348. The molecule has 0 N–H and O–H groups in total. The second kappa shape index (κ2) is 10.8. The molecule has 0 fully saturated rings. The maximum absolute atomic E-state index is 12.2. The zero-order valence-corrected chi connectivity index (χ0v) is 14.2. The number of carbonyl (C=O) groups excluding carboxylic acids is 2. The van der Waals surface area contributed by atoms with E-state index in [1.807, 2.05) is 0 Å². The third-order valence-corrected chi connectivity index (χ3v) is 5.25. The van der Waals surface area contributed by atoms with Crippen LogP contribution in [-0.2, 0) is 32.8 Å². The Morgan fingerprint density at radius 3 is 1.52 bits per heavy atom. The van der Waals surface area contributed by atoms with E-state index < -0.39 is 19.3 Å². The molecule has 0 spiro atoms. The number of rotatable bonds is 10. The molecule has 0 aliphatic rings. The van der Waals surface area contributed by atoms with Gasteiger partial charge in [-0.3, -0.25) is 0 Å². The van der Waals surface area contributed by atoms with Crippen molar-refractivity contribution in [3.63, 3.8) is 0 Å². The van der Waals surface area contributed by atoms with E-state index in [0.29, 0.717) is 0 Å². The molecule has 0 heterocycles. The topological polar surface area (TPSA) is 80.3 Å². The number of hydrogen-bond acceptors (Lipinski definition) is 7. The van der Waals surface area contributed by atoms with Gasteiger partial charge in [-0.15, -0.1) is 0 Å². The lowest BCUT2D eigenvalue weighted by Crippen LogP contribution is -2.31. The lowest BCUT2D eigenvalue weighted by atomic mass is 10.4. The number of methoxy groups -OCH3 is 1. The molecule has 124 valence electrons. The highest BCUT2D eigenvalue weighted by Crippen LogP contribution is 2.51.